The monoisotopic (exact) mass is 289 g/mol. The average Bonchev–Trinajstić information content (AvgIpc) is 2.79. The molecule has 0 fully saturated rings. The highest BCUT2D eigenvalue weighted by Gasteiger charge is 2.18. The predicted octanol–water partition coefficient (Wildman–Crippen LogP) is 1.59. The van der Waals surface area contributed by atoms with Crippen molar-refractivity contribution in [2.75, 3.05) is 5.32 Å². The molecule has 1 N–H and O–H groups in total. The summed E-state index contributed by atoms with van der Waals surface area (Å²) in [5.74, 6) is -1.66. The number of carbonyl (C=O) groups is 1. The number of nitro groups is 1. The number of nitro benzene ring substituents is 1. The summed E-state index contributed by atoms with van der Waals surface area (Å²) in [6.07, 6.45) is 1.27. The molecule has 8 nitrogen and oxygen atoms in total. The van der Waals surface area contributed by atoms with Crippen molar-refractivity contribution in [3.63, 3.8) is 0 Å². The molecule has 21 heavy (non-hydrogen) atoms. The molecule has 0 bridgehead atoms. The molecule has 0 saturated heterocycles. The molecule has 0 unspecified atom stereocenters. The van der Waals surface area contributed by atoms with Crippen LogP contribution < -0.4 is 5.32 Å². The summed E-state index contributed by atoms with van der Waals surface area (Å²) in [6.45, 7) is 0. The van der Waals surface area contributed by atoms with Crippen molar-refractivity contribution in [3.05, 3.63) is 51.5 Å². The molecule has 0 atom stereocenters. The van der Waals surface area contributed by atoms with E-state index in [4.69, 9.17) is 5.26 Å². The lowest BCUT2D eigenvalue weighted by Crippen LogP contribution is -2.15. The molecule has 0 aliphatic rings. The Labute approximate surface area is 117 Å². The van der Waals surface area contributed by atoms with Crippen LogP contribution in [0.4, 0.5) is 15.9 Å². The van der Waals surface area contributed by atoms with Crippen LogP contribution in [0, 0.1) is 27.3 Å². The first-order valence-corrected chi connectivity index (χ1v) is 5.61. The number of nitrogens with zero attached hydrogens (tertiary/aromatic N) is 4. The van der Waals surface area contributed by atoms with Gasteiger partial charge in [-0.2, -0.15) is 14.8 Å². The Kier molecular flexibility index (Phi) is 3.62. The zero-order valence-corrected chi connectivity index (χ0v) is 10.7. The Morgan fingerprint density at radius 3 is 2.86 bits per heavy atom. The van der Waals surface area contributed by atoms with Gasteiger partial charge in [0, 0.05) is 18.7 Å². The Balaban J connectivity index is 2.29. The molecule has 1 amide bonds. The Morgan fingerprint density at radius 1 is 1.57 bits per heavy atom. The van der Waals surface area contributed by atoms with Gasteiger partial charge in [-0.1, -0.05) is 0 Å². The molecule has 0 aliphatic carbocycles. The zero-order valence-electron chi connectivity index (χ0n) is 10.7. The molecule has 1 heterocycles. The number of aromatic nitrogens is 2. The van der Waals surface area contributed by atoms with Crippen molar-refractivity contribution in [2.24, 2.45) is 7.05 Å². The topological polar surface area (TPSA) is 114 Å². The number of carbonyl (C=O) groups excluding carboxylic acids is 1. The first-order chi connectivity index (χ1) is 9.93. The predicted molar refractivity (Wildman–Crippen MR) is 68.9 cm³/mol. The van der Waals surface area contributed by atoms with Crippen LogP contribution in [0.15, 0.2) is 24.4 Å². The van der Waals surface area contributed by atoms with Gasteiger partial charge in [0.05, 0.1) is 11.1 Å². The van der Waals surface area contributed by atoms with Crippen molar-refractivity contribution in [2.45, 2.75) is 0 Å². The van der Waals surface area contributed by atoms with Gasteiger partial charge in [-0.05, 0) is 12.1 Å². The van der Waals surface area contributed by atoms with E-state index in [0.717, 1.165) is 18.2 Å². The van der Waals surface area contributed by atoms with Gasteiger partial charge < -0.3 is 5.32 Å². The van der Waals surface area contributed by atoms with Gasteiger partial charge in [0.15, 0.2) is 0 Å². The third kappa shape index (κ3) is 2.69. The quantitative estimate of drug-likeness (QED) is 0.680. The SMILES string of the molecule is Cn1ncc(C#N)c1NC(=O)c1ccc([N+](=O)[O-])c(F)c1. The number of hydrogen-bond acceptors (Lipinski definition) is 5. The van der Waals surface area contributed by atoms with Crippen molar-refractivity contribution >= 4 is 17.4 Å². The summed E-state index contributed by atoms with van der Waals surface area (Å²) in [7, 11) is 1.52. The van der Waals surface area contributed by atoms with E-state index >= 15 is 0 Å². The van der Waals surface area contributed by atoms with Crippen LogP contribution in [0.3, 0.4) is 0 Å². The van der Waals surface area contributed by atoms with Crippen molar-refractivity contribution in [3.8, 4) is 6.07 Å². The van der Waals surface area contributed by atoms with E-state index in [1.165, 1.54) is 17.9 Å². The van der Waals surface area contributed by atoms with E-state index in [1.807, 2.05) is 6.07 Å². The summed E-state index contributed by atoms with van der Waals surface area (Å²) >= 11 is 0. The first-order valence-electron chi connectivity index (χ1n) is 5.61. The largest absolute Gasteiger partial charge is 0.306 e. The van der Waals surface area contributed by atoms with E-state index in [2.05, 4.69) is 10.4 Å². The van der Waals surface area contributed by atoms with Crippen molar-refractivity contribution in [1.29, 1.82) is 5.26 Å². The molecule has 2 aromatic rings. The molecule has 0 saturated carbocycles. The van der Waals surface area contributed by atoms with Crippen molar-refractivity contribution in [1.82, 2.24) is 9.78 Å². The first kappa shape index (κ1) is 14.1. The summed E-state index contributed by atoms with van der Waals surface area (Å²) in [6, 6.07) is 4.63. The van der Waals surface area contributed by atoms with E-state index in [1.54, 1.807) is 0 Å². The lowest BCUT2D eigenvalue weighted by Gasteiger charge is -2.06. The fraction of sp³-hybridized carbons (Fsp3) is 0.0833. The molecule has 2 rings (SSSR count). The minimum absolute atomic E-state index is 0.108. The standard InChI is InChI=1S/C12H8FN5O3/c1-17-11(8(5-14)6-15-17)16-12(19)7-2-3-10(18(20)21)9(13)4-7/h2-4,6H,1H3,(H,16,19). The number of rotatable bonds is 3. The second-order valence-electron chi connectivity index (χ2n) is 4.02. The van der Waals surface area contributed by atoms with E-state index in [0.29, 0.717) is 0 Å². The smallest absolute Gasteiger partial charge is 0.304 e. The van der Waals surface area contributed by atoms with Crippen LogP contribution in [0.1, 0.15) is 15.9 Å². The maximum absolute atomic E-state index is 13.5. The summed E-state index contributed by atoms with van der Waals surface area (Å²) in [5, 5.41) is 25.6. The van der Waals surface area contributed by atoms with Gasteiger partial charge in [0.1, 0.15) is 17.5 Å². The maximum atomic E-state index is 13.5. The molecule has 1 aromatic heterocycles. The summed E-state index contributed by atoms with van der Waals surface area (Å²) < 4.78 is 14.7. The Bertz CT molecular complexity index is 778. The number of amides is 1. The minimum Gasteiger partial charge on any atom is -0.306 e. The second kappa shape index (κ2) is 5.38. The van der Waals surface area contributed by atoms with Gasteiger partial charge in [-0.3, -0.25) is 19.6 Å². The van der Waals surface area contributed by atoms with E-state index < -0.39 is 22.3 Å². The molecule has 1 aromatic carbocycles. The third-order valence-electron chi connectivity index (χ3n) is 2.70. The van der Waals surface area contributed by atoms with Gasteiger partial charge in [0.25, 0.3) is 5.91 Å². The second-order valence-corrected chi connectivity index (χ2v) is 4.02. The third-order valence-corrected chi connectivity index (χ3v) is 2.70. The zero-order chi connectivity index (χ0) is 15.6. The van der Waals surface area contributed by atoms with Gasteiger partial charge in [-0.25, -0.2) is 0 Å². The molecule has 9 heteroatoms. The molecule has 0 radical (unpaired) electrons. The highest BCUT2D eigenvalue weighted by molar-refractivity contribution is 6.04. The van der Waals surface area contributed by atoms with Gasteiger partial charge in [-0.15, -0.1) is 0 Å². The van der Waals surface area contributed by atoms with Gasteiger partial charge in [0.2, 0.25) is 5.82 Å². The number of nitrogens with one attached hydrogen (secondary N) is 1. The molecular formula is C12H8FN5O3. The van der Waals surface area contributed by atoms with Crippen LogP contribution in [-0.2, 0) is 7.05 Å². The number of anilines is 1. The number of aryl methyl sites for hydroxylation is 1. The Morgan fingerprint density at radius 2 is 2.29 bits per heavy atom. The number of hydrogen-bond donors (Lipinski definition) is 1. The van der Waals surface area contributed by atoms with E-state index in [9.17, 15) is 19.3 Å². The number of benzene rings is 1. The van der Waals surface area contributed by atoms with Gasteiger partial charge >= 0.3 is 5.69 Å². The van der Waals surface area contributed by atoms with E-state index in [-0.39, 0.29) is 16.9 Å². The highest BCUT2D eigenvalue weighted by atomic mass is 19.1. The summed E-state index contributed by atoms with van der Waals surface area (Å²) in [5.41, 5.74) is -0.679. The van der Waals surface area contributed by atoms with Crippen LogP contribution in [0.2, 0.25) is 0 Å². The lowest BCUT2D eigenvalue weighted by atomic mass is 10.2. The van der Waals surface area contributed by atoms with Crippen molar-refractivity contribution < 1.29 is 14.1 Å². The van der Waals surface area contributed by atoms with Crippen LogP contribution in [0.25, 0.3) is 0 Å². The van der Waals surface area contributed by atoms with Crippen LogP contribution >= 0.6 is 0 Å². The highest BCUT2D eigenvalue weighted by Crippen LogP contribution is 2.19. The average molecular weight is 289 g/mol. The fourth-order valence-corrected chi connectivity index (χ4v) is 1.64. The molecule has 0 spiro atoms. The number of nitriles is 1. The fourth-order valence-electron chi connectivity index (χ4n) is 1.64. The van der Waals surface area contributed by atoms with Crippen LogP contribution in [-0.4, -0.2) is 20.6 Å². The minimum atomic E-state index is -1.11. The Hall–Kier alpha value is -3.28. The molecule has 106 valence electrons. The number of halogens is 1. The maximum Gasteiger partial charge on any atom is 0.304 e. The molecular weight excluding hydrogens is 281 g/mol. The molecule has 0 aliphatic heterocycles. The summed E-state index contributed by atoms with van der Waals surface area (Å²) in [4.78, 5) is 21.6. The lowest BCUT2D eigenvalue weighted by molar-refractivity contribution is -0.387. The van der Waals surface area contributed by atoms with Crippen LogP contribution in [0.5, 0.6) is 0 Å². The normalized spacial score (nSPS) is 9.95.